The fourth-order valence-electron chi connectivity index (χ4n) is 1.05. The van der Waals surface area contributed by atoms with Crippen LogP contribution in [0.25, 0.3) is 6.08 Å². The highest BCUT2D eigenvalue weighted by atomic mass is 16.5. The first kappa shape index (κ1) is 9.65. The number of ether oxygens (including phenoxy) is 1. The van der Waals surface area contributed by atoms with E-state index in [0.717, 1.165) is 12.0 Å². The van der Waals surface area contributed by atoms with Gasteiger partial charge in [0.2, 0.25) is 0 Å². The summed E-state index contributed by atoms with van der Waals surface area (Å²) in [5, 5.41) is 9.31. The van der Waals surface area contributed by atoms with Crippen LogP contribution >= 0.6 is 0 Å². The lowest BCUT2D eigenvalue weighted by molar-refractivity contribution is 0.373. The Bertz CT molecular complexity index is 303. The average Bonchev–Trinajstić information content (AvgIpc) is 2.16. The molecule has 13 heavy (non-hydrogen) atoms. The van der Waals surface area contributed by atoms with Gasteiger partial charge in [-0.15, -0.1) is 0 Å². The Kier molecular flexibility index (Phi) is 3.38. The monoisotopic (exact) mass is 178 g/mol. The highest BCUT2D eigenvalue weighted by molar-refractivity contribution is 5.55. The molecular formula is C11H14O2. The van der Waals surface area contributed by atoms with Crippen molar-refractivity contribution in [3.8, 4) is 11.5 Å². The number of phenolic OH excluding ortho intramolecular Hbond substituents is 1. The van der Waals surface area contributed by atoms with Gasteiger partial charge in [0.1, 0.15) is 0 Å². The van der Waals surface area contributed by atoms with Crippen LogP contribution in [0.1, 0.15) is 18.9 Å². The zero-order chi connectivity index (χ0) is 9.68. The molecule has 0 spiro atoms. The second-order valence-electron chi connectivity index (χ2n) is 2.74. The number of methoxy groups -OCH3 is 1. The normalized spacial score (nSPS) is 10.6. The summed E-state index contributed by atoms with van der Waals surface area (Å²) in [4.78, 5) is 0. The van der Waals surface area contributed by atoms with Crippen LogP contribution < -0.4 is 4.74 Å². The molecule has 0 saturated carbocycles. The van der Waals surface area contributed by atoms with Crippen molar-refractivity contribution < 1.29 is 9.84 Å². The molecule has 0 heterocycles. The molecule has 0 aliphatic rings. The molecule has 2 nitrogen and oxygen atoms in total. The Labute approximate surface area is 78.5 Å². The van der Waals surface area contributed by atoms with Crippen molar-refractivity contribution in [2.75, 3.05) is 7.11 Å². The molecule has 70 valence electrons. The van der Waals surface area contributed by atoms with Gasteiger partial charge in [-0.2, -0.15) is 0 Å². The van der Waals surface area contributed by atoms with Gasteiger partial charge in [-0.3, -0.25) is 0 Å². The summed E-state index contributed by atoms with van der Waals surface area (Å²) in [7, 11) is 1.54. The van der Waals surface area contributed by atoms with Gasteiger partial charge in [0.15, 0.2) is 11.5 Å². The highest BCUT2D eigenvalue weighted by Gasteiger charge is 1.99. The van der Waals surface area contributed by atoms with Gasteiger partial charge in [0.25, 0.3) is 0 Å². The van der Waals surface area contributed by atoms with Crippen molar-refractivity contribution in [3.63, 3.8) is 0 Å². The highest BCUT2D eigenvalue weighted by Crippen LogP contribution is 2.26. The van der Waals surface area contributed by atoms with Crippen LogP contribution in [0, 0.1) is 0 Å². The van der Waals surface area contributed by atoms with Crippen LogP contribution in [-0.2, 0) is 0 Å². The molecule has 0 atom stereocenters. The Morgan fingerprint density at radius 1 is 1.46 bits per heavy atom. The summed E-state index contributed by atoms with van der Waals surface area (Å²) in [6.45, 7) is 2.08. The van der Waals surface area contributed by atoms with E-state index in [4.69, 9.17) is 4.74 Å². The molecule has 0 saturated heterocycles. The maximum atomic E-state index is 9.31. The Balaban J connectivity index is 2.92. The summed E-state index contributed by atoms with van der Waals surface area (Å²) in [6.07, 6.45) is 5.07. The minimum atomic E-state index is 0.177. The first-order chi connectivity index (χ1) is 6.27. The van der Waals surface area contributed by atoms with Gasteiger partial charge in [-0.1, -0.05) is 25.1 Å². The fourth-order valence-corrected chi connectivity index (χ4v) is 1.05. The summed E-state index contributed by atoms with van der Waals surface area (Å²) in [5.74, 6) is 0.689. The molecule has 0 aromatic heterocycles. The molecule has 0 unspecified atom stereocenters. The molecule has 1 aromatic rings. The second kappa shape index (κ2) is 4.55. The third-order valence-electron chi connectivity index (χ3n) is 1.75. The lowest BCUT2D eigenvalue weighted by Gasteiger charge is -2.03. The van der Waals surface area contributed by atoms with E-state index in [1.165, 1.54) is 0 Å². The molecule has 0 radical (unpaired) electrons. The molecule has 0 aliphatic carbocycles. The molecular weight excluding hydrogens is 164 g/mol. The molecule has 0 fully saturated rings. The summed E-state index contributed by atoms with van der Waals surface area (Å²) in [6, 6.07) is 5.29. The molecule has 2 heteroatoms. The van der Waals surface area contributed by atoms with Crippen LogP contribution in [0.5, 0.6) is 11.5 Å². The van der Waals surface area contributed by atoms with Gasteiger partial charge in [-0.05, 0) is 24.1 Å². The Morgan fingerprint density at radius 3 is 2.85 bits per heavy atom. The zero-order valence-corrected chi connectivity index (χ0v) is 7.95. The van der Waals surface area contributed by atoms with Gasteiger partial charge in [0.05, 0.1) is 7.11 Å². The lowest BCUT2D eigenvalue weighted by atomic mass is 10.2. The van der Waals surface area contributed by atoms with Crippen molar-refractivity contribution in [2.24, 2.45) is 0 Å². The molecule has 0 aliphatic heterocycles. The first-order valence-electron chi connectivity index (χ1n) is 4.31. The predicted molar refractivity (Wildman–Crippen MR) is 54.0 cm³/mol. The van der Waals surface area contributed by atoms with E-state index in [2.05, 4.69) is 13.0 Å². The minimum Gasteiger partial charge on any atom is -0.504 e. The molecule has 1 rings (SSSR count). The third-order valence-corrected chi connectivity index (χ3v) is 1.75. The number of phenols is 1. The minimum absolute atomic E-state index is 0.177. The van der Waals surface area contributed by atoms with Crippen molar-refractivity contribution in [3.05, 3.63) is 29.8 Å². The molecule has 0 bridgehead atoms. The van der Waals surface area contributed by atoms with Crippen LogP contribution in [0.4, 0.5) is 0 Å². The second-order valence-corrected chi connectivity index (χ2v) is 2.74. The van der Waals surface area contributed by atoms with E-state index < -0.39 is 0 Å². The summed E-state index contributed by atoms with van der Waals surface area (Å²) >= 11 is 0. The van der Waals surface area contributed by atoms with Gasteiger partial charge >= 0.3 is 0 Å². The predicted octanol–water partition coefficient (Wildman–Crippen LogP) is 2.82. The lowest BCUT2D eigenvalue weighted by Crippen LogP contribution is -1.83. The van der Waals surface area contributed by atoms with Gasteiger partial charge in [0, 0.05) is 0 Å². The number of aromatic hydroxyl groups is 1. The van der Waals surface area contributed by atoms with Crippen molar-refractivity contribution in [2.45, 2.75) is 13.3 Å². The van der Waals surface area contributed by atoms with E-state index in [1.807, 2.05) is 18.2 Å². The maximum Gasteiger partial charge on any atom is 0.161 e. The van der Waals surface area contributed by atoms with Gasteiger partial charge in [-0.25, -0.2) is 0 Å². The van der Waals surface area contributed by atoms with Crippen LogP contribution in [0.3, 0.4) is 0 Å². The van der Waals surface area contributed by atoms with Crippen LogP contribution in [-0.4, -0.2) is 12.2 Å². The Hall–Kier alpha value is -1.44. The summed E-state index contributed by atoms with van der Waals surface area (Å²) < 4.78 is 4.98. The van der Waals surface area contributed by atoms with E-state index in [1.54, 1.807) is 13.2 Å². The quantitative estimate of drug-likeness (QED) is 0.771. The third kappa shape index (κ3) is 2.51. The Morgan fingerprint density at radius 2 is 2.23 bits per heavy atom. The largest absolute Gasteiger partial charge is 0.504 e. The van der Waals surface area contributed by atoms with Crippen molar-refractivity contribution >= 4 is 6.08 Å². The fraction of sp³-hybridized carbons (Fsp3) is 0.273. The molecule has 0 amide bonds. The van der Waals surface area contributed by atoms with E-state index in [0.29, 0.717) is 5.75 Å². The SMILES string of the molecule is CC/C=C/c1ccc(O)c(OC)c1. The topological polar surface area (TPSA) is 29.5 Å². The number of rotatable bonds is 3. The number of benzene rings is 1. The number of allylic oxidation sites excluding steroid dienone is 1. The summed E-state index contributed by atoms with van der Waals surface area (Å²) in [5.41, 5.74) is 1.04. The van der Waals surface area contributed by atoms with Crippen LogP contribution in [0.15, 0.2) is 24.3 Å². The van der Waals surface area contributed by atoms with Gasteiger partial charge < -0.3 is 9.84 Å². The molecule has 1 N–H and O–H groups in total. The number of hydrogen-bond acceptors (Lipinski definition) is 2. The van der Waals surface area contributed by atoms with E-state index in [9.17, 15) is 5.11 Å². The van der Waals surface area contributed by atoms with E-state index in [-0.39, 0.29) is 5.75 Å². The molecule has 1 aromatic carbocycles. The average molecular weight is 178 g/mol. The van der Waals surface area contributed by atoms with Crippen LogP contribution in [0.2, 0.25) is 0 Å². The first-order valence-corrected chi connectivity index (χ1v) is 4.31. The maximum absolute atomic E-state index is 9.31. The standard InChI is InChI=1S/C11H14O2/c1-3-4-5-9-6-7-10(12)11(8-9)13-2/h4-8,12H,3H2,1-2H3/b5-4+. The van der Waals surface area contributed by atoms with Crippen molar-refractivity contribution in [1.82, 2.24) is 0 Å². The smallest absolute Gasteiger partial charge is 0.161 e. The van der Waals surface area contributed by atoms with Crippen molar-refractivity contribution in [1.29, 1.82) is 0 Å². The van der Waals surface area contributed by atoms with E-state index >= 15 is 0 Å². The number of hydrogen-bond donors (Lipinski definition) is 1. The zero-order valence-electron chi connectivity index (χ0n) is 7.95.